The highest BCUT2D eigenvalue weighted by molar-refractivity contribution is 6.35. The second-order valence-electron chi connectivity index (χ2n) is 12.2. The first-order valence-corrected chi connectivity index (χ1v) is 16.8. The van der Waals surface area contributed by atoms with Crippen molar-refractivity contribution in [1.82, 2.24) is 9.88 Å². The van der Waals surface area contributed by atoms with Gasteiger partial charge in [-0.15, -0.1) is 0 Å². The molecule has 14 heteroatoms. The number of hydrogen-bond acceptors (Lipinski definition) is 9. The molecule has 1 amide bonds. The third kappa shape index (κ3) is 8.04. The van der Waals surface area contributed by atoms with Crippen molar-refractivity contribution in [1.29, 1.82) is 0 Å². The highest BCUT2D eigenvalue weighted by Gasteiger charge is 2.37. The predicted octanol–water partition coefficient (Wildman–Crippen LogP) is 6.56. The summed E-state index contributed by atoms with van der Waals surface area (Å²) in [6, 6.07) is 14.0. The lowest BCUT2D eigenvalue weighted by atomic mass is 9.86. The van der Waals surface area contributed by atoms with Crippen molar-refractivity contribution < 1.29 is 37.7 Å². The molecule has 2 aromatic heterocycles. The molecule has 11 nitrogen and oxygen atoms in total. The van der Waals surface area contributed by atoms with E-state index in [0.29, 0.717) is 39.5 Å². The van der Waals surface area contributed by atoms with Gasteiger partial charge in [-0.2, -0.15) is 4.73 Å². The van der Waals surface area contributed by atoms with E-state index >= 15 is 0 Å². The van der Waals surface area contributed by atoms with Crippen molar-refractivity contribution in [2.75, 3.05) is 38.8 Å². The average molecular weight is 726 g/mol. The van der Waals surface area contributed by atoms with Crippen LogP contribution >= 0.6 is 23.2 Å². The lowest BCUT2D eigenvalue weighted by Crippen LogP contribution is -2.53. The van der Waals surface area contributed by atoms with Crippen LogP contribution in [0.1, 0.15) is 46.0 Å². The highest BCUT2D eigenvalue weighted by atomic mass is 35.5. The first kappa shape index (κ1) is 35.2. The minimum absolute atomic E-state index is 0.0186. The summed E-state index contributed by atoms with van der Waals surface area (Å²) in [5.41, 5.74) is 1.86. The van der Waals surface area contributed by atoms with Crippen LogP contribution in [-0.4, -0.2) is 61.9 Å². The fourth-order valence-electron chi connectivity index (χ4n) is 6.34. The molecule has 0 saturated carbocycles. The van der Waals surface area contributed by atoms with Gasteiger partial charge in [0, 0.05) is 30.8 Å². The molecule has 3 saturated heterocycles. The maximum Gasteiger partial charge on any atom is 0.416 e. The van der Waals surface area contributed by atoms with Crippen molar-refractivity contribution in [3.8, 4) is 11.5 Å². The molecule has 7 rings (SSSR count). The predicted molar refractivity (Wildman–Crippen MR) is 183 cm³/mol. The molecule has 2 bridgehead atoms. The lowest BCUT2D eigenvalue weighted by molar-refractivity contribution is -0.605. The first-order chi connectivity index (χ1) is 24.1. The largest absolute Gasteiger partial charge is 0.619 e. The Morgan fingerprint density at radius 1 is 1.02 bits per heavy atom. The van der Waals surface area contributed by atoms with Crippen LogP contribution in [0.5, 0.6) is 11.5 Å². The second kappa shape index (κ2) is 15.5. The molecule has 0 spiro atoms. The third-order valence-corrected chi connectivity index (χ3v) is 9.71. The summed E-state index contributed by atoms with van der Waals surface area (Å²) in [5.74, 6) is 0.110. The number of amides is 1. The summed E-state index contributed by atoms with van der Waals surface area (Å²) >= 11 is 12.8. The number of carbonyl (C=O) groups is 2. The van der Waals surface area contributed by atoms with Crippen LogP contribution in [-0.2, 0) is 22.4 Å². The maximum atomic E-state index is 14.2. The Kier molecular flexibility index (Phi) is 10.9. The summed E-state index contributed by atoms with van der Waals surface area (Å²) in [6.07, 6.45) is 3.85. The van der Waals surface area contributed by atoms with Gasteiger partial charge in [0.15, 0.2) is 23.9 Å². The van der Waals surface area contributed by atoms with E-state index in [1.54, 1.807) is 42.5 Å². The number of carbonyl (C=O) groups excluding carboxylic acids is 2. The van der Waals surface area contributed by atoms with E-state index in [9.17, 15) is 19.2 Å². The summed E-state index contributed by atoms with van der Waals surface area (Å²) in [4.78, 5) is 34.9. The lowest BCUT2D eigenvalue weighted by Gasteiger charge is -2.44. The Morgan fingerprint density at radius 2 is 1.72 bits per heavy atom. The Balaban J connectivity index is 1.22. The number of halogens is 3. The number of anilines is 1. The first-order valence-electron chi connectivity index (χ1n) is 16.0. The number of esters is 1. The number of piperidine rings is 3. The number of nitrogens with zero attached hydrogens (tertiary/aromatic N) is 4. The molecule has 262 valence electrons. The molecular formula is C36H35Cl2FN4O7. The van der Waals surface area contributed by atoms with Gasteiger partial charge in [-0.05, 0) is 73.3 Å². The Labute approximate surface area is 298 Å². The average Bonchev–Trinajstić information content (AvgIpc) is 3.11. The van der Waals surface area contributed by atoms with Crippen LogP contribution in [0, 0.1) is 16.9 Å². The summed E-state index contributed by atoms with van der Waals surface area (Å²) in [7, 11) is 3.00. The fourth-order valence-corrected chi connectivity index (χ4v) is 6.93. The Bertz CT molecular complexity index is 1830. The zero-order chi connectivity index (χ0) is 35.4. The van der Waals surface area contributed by atoms with Gasteiger partial charge in [0.05, 0.1) is 26.3 Å². The van der Waals surface area contributed by atoms with Crippen LogP contribution in [0.15, 0.2) is 73.2 Å². The van der Waals surface area contributed by atoms with Crippen molar-refractivity contribution >= 4 is 41.1 Å². The molecule has 2 aromatic carbocycles. The van der Waals surface area contributed by atoms with Crippen LogP contribution in [0.4, 0.5) is 15.0 Å². The number of fused-ring (bicyclic) bond motifs is 3. The van der Waals surface area contributed by atoms with Gasteiger partial charge >= 0.3 is 12.1 Å². The van der Waals surface area contributed by atoms with Crippen LogP contribution in [0.3, 0.4) is 0 Å². The van der Waals surface area contributed by atoms with E-state index in [-0.39, 0.29) is 46.4 Å². The minimum Gasteiger partial charge on any atom is -0.619 e. The van der Waals surface area contributed by atoms with E-state index in [2.05, 4.69) is 9.88 Å². The normalized spacial score (nSPS) is 18.6. The van der Waals surface area contributed by atoms with Crippen molar-refractivity contribution in [2.24, 2.45) is 5.92 Å². The molecule has 3 aliphatic heterocycles. The van der Waals surface area contributed by atoms with E-state index in [0.717, 1.165) is 25.9 Å². The molecule has 0 N–H and O–H groups in total. The third-order valence-electron chi connectivity index (χ3n) is 9.06. The Morgan fingerprint density at radius 3 is 2.34 bits per heavy atom. The summed E-state index contributed by atoms with van der Waals surface area (Å²) in [5, 5.41) is 12.1. The number of hydrogen-bond donors (Lipinski definition) is 0. The SMILES string of the molecule is COc1ccc([C@H](Cc2c(Cl)c[n+]([O-])cc2Cl)OC(=O)c2ccc(CN(C(=O)O[C@H]3CN4CCC3CC4)c3cc(F)ccn3)cc2)cc1OC. The van der Waals surface area contributed by atoms with Crippen molar-refractivity contribution in [3.05, 3.63) is 117 Å². The smallest absolute Gasteiger partial charge is 0.416 e. The van der Waals surface area contributed by atoms with Gasteiger partial charge in [0.25, 0.3) is 0 Å². The monoisotopic (exact) mass is 724 g/mol. The molecule has 4 aromatic rings. The van der Waals surface area contributed by atoms with E-state index in [1.807, 2.05) is 0 Å². The molecule has 0 aliphatic carbocycles. The van der Waals surface area contributed by atoms with E-state index < -0.39 is 24.0 Å². The molecule has 2 atom stereocenters. The van der Waals surface area contributed by atoms with Gasteiger partial charge < -0.3 is 24.2 Å². The number of methoxy groups -OCH3 is 2. The maximum absolute atomic E-state index is 14.2. The van der Waals surface area contributed by atoms with Crippen LogP contribution in [0.2, 0.25) is 10.0 Å². The topological polar surface area (TPSA) is 117 Å². The molecule has 3 fully saturated rings. The number of ether oxygens (including phenoxy) is 4. The van der Waals surface area contributed by atoms with Gasteiger partial charge in [-0.3, -0.25) is 9.80 Å². The van der Waals surface area contributed by atoms with E-state index in [1.165, 1.54) is 49.8 Å². The molecule has 50 heavy (non-hydrogen) atoms. The van der Waals surface area contributed by atoms with Crippen LogP contribution in [0.25, 0.3) is 0 Å². The van der Waals surface area contributed by atoms with E-state index in [4.69, 9.17) is 42.1 Å². The molecular weight excluding hydrogens is 690 g/mol. The van der Waals surface area contributed by atoms with Gasteiger partial charge in [0.1, 0.15) is 33.9 Å². The van der Waals surface area contributed by atoms with Gasteiger partial charge in [-0.25, -0.2) is 19.0 Å². The fraction of sp³-hybridized carbons (Fsp3) is 0.333. The summed E-state index contributed by atoms with van der Waals surface area (Å²) in [6.45, 7) is 2.67. The second-order valence-corrected chi connectivity index (χ2v) is 13.0. The standard InChI is InChI=1S/C36H35Cl2FN4O7/c1-47-30-8-7-25(15-32(30)48-2)31(17-27-28(37)19-42(46)20-29(27)38)49-35(44)24-5-3-22(4-6-24)18-43(34-16-26(39)9-12-40-34)36(45)50-33-21-41-13-10-23(33)11-14-41/h3-9,12,15-16,19-20,23,31,33H,10-11,13-14,17-18,21H2,1-2H3/t31-,33-/m0/s1. The number of pyridine rings is 2. The van der Waals surface area contributed by atoms with Crippen molar-refractivity contribution in [3.63, 3.8) is 0 Å². The molecule has 5 heterocycles. The summed E-state index contributed by atoms with van der Waals surface area (Å²) < 4.78 is 37.5. The molecule has 3 aliphatic rings. The molecule has 0 unspecified atom stereocenters. The molecule has 0 radical (unpaired) electrons. The minimum atomic E-state index is -0.893. The van der Waals surface area contributed by atoms with Gasteiger partial charge in [-0.1, -0.05) is 41.4 Å². The van der Waals surface area contributed by atoms with Crippen LogP contribution < -0.4 is 19.1 Å². The number of rotatable bonds is 11. The van der Waals surface area contributed by atoms with Gasteiger partial charge in [0.2, 0.25) is 0 Å². The number of benzene rings is 2. The quantitative estimate of drug-likeness (QED) is 0.0964. The Hall–Kier alpha value is -4.65. The number of aromatic nitrogens is 2. The highest BCUT2D eigenvalue weighted by Crippen LogP contribution is 2.36. The van der Waals surface area contributed by atoms with Crippen molar-refractivity contribution in [2.45, 2.75) is 38.0 Å². The zero-order valence-corrected chi connectivity index (χ0v) is 28.9. The zero-order valence-electron chi connectivity index (χ0n) is 27.4.